The molecule has 2 aromatic rings. The monoisotopic (exact) mass is 302 g/mol. The minimum Gasteiger partial charge on any atom is -0.394 e. The number of nitrogens with one attached hydrogen (secondary N) is 2. The molecule has 2 aromatic carbocycles. The molecule has 0 aromatic heterocycles. The molecule has 0 bridgehead atoms. The number of rotatable bonds is 5. The summed E-state index contributed by atoms with van der Waals surface area (Å²) in [5, 5.41) is 14.7. The lowest BCUT2D eigenvalue weighted by Gasteiger charge is -2.17. The second kappa shape index (κ2) is 7.56. The van der Waals surface area contributed by atoms with Gasteiger partial charge in [0.15, 0.2) is 0 Å². The van der Waals surface area contributed by atoms with Crippen molar-refractivity contribution < 1.29 is 14.3 Å². The lowest BCUT2D eigenvalue weighted by molar-refractivity contribution is 0.224. The predicted molar refractivity (Wildman–Crippen MR) is 84.3 cm³/mol. The number of aryl methyl sites for hydroxylation is 1. The van der Waals surface area contributed by atoms with Crippen LogP contribution in [0.1, 0.15) is 11.1 Å². The molecule has 0 saturated heterocycles. The van der Waals surface area contributed by atoms with Crippen molar-refractivity contribution in [2.24, 2.45) is 0 Å². The molecule has 0 aliphatic carbocycles. The molecule has 0 fully saturated rings. The zero-order chi connectivity index (χ0) is 15.9. The molecule has 0 aliphatic heterocycles. The molecular weight excluding hydrogens is 283 g/mol. The maximum atomic E-state index is 13.2. The van der Waals surface area contributed by atoms with Crippen LogP contribution in [0.3, 0.4) is 0 Å². The van der Waals surface area contributed by atoms with Crippen molar-refractivity contribution >= 4 is 11.7 Å². The van der Waals surface area contributed by atoms with Crippen molar-refractivity contribution in [2.75, 3.05) is 11.9 Å². The Bertz CT molecular complexity index is 632. The first-order chi connectivity index (χ1) is 10.6. The molecule has 22 heavy (non-hydrogen) atoms. The molecule has 1 atom stereocenters. The van der Waals surface area contributed by atoms with Gasteiger partial charge in [-0.2, -0.15) is 0 Å². The summed E-state index contributed by atoms with van der Waals surface area (Å²) in [6.45, 7) is 1.60. The summed E-state index contributed by atoms with van der Waals surface area (Å²) in [7, 11) is 0. The van der Waals surface area contributed by atoms with Gasteiger partial charge >= 0.3 is 6.03 Å². The largest absolute Gasteiger partial charge is 0.394 e. The smallest absolute Gasteiger partial charge is 0.319 e. The van der Waals surface area contributed by atoms with E-state index in [1.165, 1.54) is 12.1 Å². The highest BCUT2D eigenvalue weighted by atomic mass is 19.1. The topological polar surface area (TPSA) is 61.4 Å². The maximum absolute atomic E-state index is 13.2. The number of amides is 2. The number of carbonyl (C=O) groups is 1. The van der Waals surface area contributed by atoms with E-state index in [1.807, 2.05) is 30.3 Å². The standard InChI is InChI=1S/C17H19FN2O2/c1-12-7-8-14(18)10-16(12)20-17(22)19-15(11-21)9-13-5-3-2-4-6-13/h2-8,10,15,21H,9,11H2,1H3,(H2,19,20,22). The van der Waals surface area contributed by atoms with Crippen LogP contribution in [0.15, 0.2) is 48.5 Å². The molecule has 4 nitrogen and oxygen atoms in total. The van der Waals surface area contributed by atoms with E-state index in [2.05, 4.69) is 10.6 Å². The van der Waals surface area contributed by atoms with E-state index in [9.17, 15) is 14.3 Å². The Hall–Kier alpha value is -2.40. The lowest BCUT2D eigenvalue weighted by Crippen LogP contribution is -2.41. The van der Waals surface area contributed by atoms with E-state index in [0.29, 0.717) is 12.1 Å². The Kier molecular flexibility index (Phi) is 5.49. The fraction of sp³-hybridized carbons (Fsp3) is 0.235. The van der Waals surface area contributed by atoms with Crippen molar-refractivity contribution in [2.45, 2.75) is 19.4 Å². The lowest BCUT2D eigenvalue weighted by atomic mass is 10.1. The van der Waals surface area contributed by atoms with Crippen LogP contribution < -0.4 is 10.6 Å². The molecule has 116 valence electrons. The second-order valence-corrected chi connectivity index (χ2v) is 5.13. The summed E-state index contributed by atoms with van der Waals surface area (Å²) in [4.78, 5) is 12.0. The molecular formula is C17H19FN2O2. The van der Waals surface area contributed by atoms with Crippen LogP contribution in [0.4, 0.5) is 14.9 Å². The fourth-order valence-electron chi connectivity index (χ4n) is 2.13. The highest BCUT2D eigenvalue weighted by molar-refractivity contribution is 5.90. The van der Waals surface area contributed by atoms with Crippen LogP contribution in [0.5, 0.6) is 0 Å². The van der Waals surface area contributed by atoms with Crippen molar-refractivity contribution in [1.82, 2.24) is 5.32 Å². The van der Waals surface area contributed by atoms with Gasteiger partial charge in [-0.05, 0) is 36.6 Å². The van der Waals surface area contributed by atoms with Crippen LogP contribution in [0.25, 0.3) is 0 Å². The van der Waals surface area contributed by atoms with Gasteiger partial charge in [-0.25, -0.2) is 9.18 Å². The molecule has 3 N–H and O–H groups in total. The molecule has 0 radical (unpaired) electrons. The summed E-state index contributed by atoms with van der Waals surface area (Å²) in [5.74, 6) is -0.413. The average Bonchev–Trinajstić information content (AvgIpc) is 2.51. The molecule has 0 heterocycles. The number of hydrogen-bond donors (Lipinski definition) is 3. The van der Waals surface area contributed by atoms with Crippen LogP contribution in [0.2, 0.25) is 0 Å². The Labute approximate surface area is 129 Å². The highest BCUT2D eigenvalue weighted by Crippen LogP contribution is 2.15. The van der Waals surface area contributed by atoms with Gasteiger partial charge in [0.2, 0.25) is 0 Å². The summed E-state index contributed by atoms with van der Waals surface area (Å²) in [5.41, 5.74) is 2.19. The van der Waals surface area contributed by atoms with E-state index in [4.69, 9.17) is 0 Å². The third-order valence-electron chi connectivity index (χ3n) is 3.33. The van der Waals surface area contributed by atoms with Gasteiger partial charge in [0.05, 0.1) is 12.6 Å². The highest BCUT2D eigenvalue weighted by Gasteiger charge is 2.13. The minimum absolute atomic E-state index is 0.176. The van der Waals surface area contributed by atoms with Crippen molar-refractivity contribution in [3.8, 4) is 0 Å². The minimum atomic E-state index is -0.469. The molecule has 1 unspecified atom stereocenters. The molecule has 5 heteroatoms. The van der Waals surface area contributed by atoms with Gasteiger partial charge in [-0.15, -0.1) is 0 Å². The molecule has 2 amide bonds. The summed E-state index contributed by atoms with van der Waals surface area (Å²) in [6.07, 6.45) is 0.521. The van der Waals surface area contributed by atoms with Crippen LogP contribution >= 0.6 is 0 Å². The predicted octanol–water partition coefficient (Wildman–Crippen LogP) is 2.86. The van der Waals surface area contributed by atoms with E-state index in [1.54, 1.807) is 13.0 Å². The normalized spacial score (nSPS) is 11.8. The van der Waals surface area contributed by atoms with Crippen LogP contribution in [-0.4, -0.2) is 23.8 Å². The maximum Gasteiger partial charge on any atom is 0.319 e. The molecule has 0 spiro atoms. The van der Waals surface area contributed by atoms with E-state index >= 15 is 0 Å². The third kappa shape index (κ3) is 4.56. The van der Waals surface area contributed by atoms with Crippen molar-refractivity contribution in [1.29, 1.82) is 0 Å². The van der Waals surface area contributed by atoms with Gasteiger partial charge in [0, 0.05) is 5.69 Å². The first-order valence-electron chi connectivity index (χ1n) is 7.07. The summed E-state index contributed by atoms with van der Waals surface area (Å²) < 4.78 is 13.2. The van der Waals surface area contributed by atoms with Crippen LogP contribution in [0, 0.1) is 12.7 Å². The fourth-order valence-corrected chi connectivity index (χ4v) is 2.13. The number of benzene rings is 2. The zero-order valence-electron chi connectivity index (χ0n) is 12.3. The summed E-state index contributed by atoms with van der Waals surface area (Å²) in [6, 6.07) is 12.9. The molecule has 0 saturated carbocycles. The number of halogens is 1. The first kappa shape index (κ1) is 16.0. The number of urea groups is 1. The van der Waals surface area contributed by atoms with Gasteiger partial charge in [0.1, 0.15) is 5.82 Å². The van der Waals surface area contributed by atoms with Crippen LogP contribution in [-0.2, 0) is 6.42 Å². The second-order valence-electron chi connectivity index (χ2n) is 5.13. The number of hydrogen-bond acceptors (Lipinski definition) is 2. The van der Waals surface area contributed by atoms with Crippen molar-refractivity contribution in [3.05, 3.63) is 65.5 Å². The number of aliphatic hydroxyl groups excluding tert-OH is 1. The third-order valence-corrected chi connectivity index (χ3v) is 3.33. The van der Waals surface area contributed by atoms with Gasteiger partial charge in [-0.3, -0.25) is 0 Å². The summed E-state index contributed by atoms with van der Waals surface area (Å²) >= 11 is 0. The Morgan fingerprint density at radius 2 is 1.95 bits per heavy atom. The SMILES string of the molecule is Cc1ccc(F)cc1NC(=O)NC(CO)Cc1ccccc1. The zero-order valence-corrected chi connectivity index (χ0v) is 12.3. The van der Waals surface area contributed by atoms with E-state index in [-0.39, 0.29) is 6.61 Å². The van der Waals surface area contributed by atoms with E-state index in [0.717, 1.165) is 11.1 Å². The molecule has 0 aliphatic rings. The van der Waals surface area contributed by atoms with Gasteiger partial charge < -0.3 is 15.7 Å². The molecule has 2 rings (SSSR count). The average molecular weight is 302 g/mol. The van der Waals surface area contributed by atoms with E-state index < -0.39 is 17.9 Å². The van der Waals surface area contributed by atoms with Gasteiger partial charge in [0.25, 0.3) is 0 Å². The quantitative estimate of drug-likeness (QED) is 0.795. The van der Waals surface area contributed by atoms with Crippen molar-refractivity contribution in [3.63, 3.8) is 0 Å². The number of anilines is 1. The number of carbonyl (C=O) groups excluding carboxylic acids is 1. The Balaban J connectivity index is 1.96. The Morgan fingerprint density at radius 1 is 1.23 bits per heavy atom. The first-order valence-corrected chi connectivity index (χ1v) is 7.07. The number of aliphatic hydroxyl groups is 1. The van der Waals surface area contributed by atoms with Gasteiger partial charge in [-0.1, -0.05) is 36.4 Å². The Morgan fingerprint density at radius 3 is 2.64 bits per heavy atom.